The average molecular weight is 321 g/mol. The zero-order valence-electron chi connectivity index (χ0n) is 12.8. The number of carbonyl (C=O) groups excluding carboxylic acids is 1. The number of aliphatic carboxylic acids is 1. The number of ether oxygens (including phenoxy) is 1. The minimum atomic E-state index is -0.782. The van der Waals surface area contributed by atoms with E-state index in [0.29, 0.717) is 50.1 Å². The summed E-state index contributed by atoms with van der Waals surface area (Å²) in [6, 6.07) is 4.68. The van der Waals surface area contributed by atoms with Crippen LogP contribution in [-0.4, -0.2) is 35.0 Å². The maximum atomic E-state index is 14.0. The van der Waals surface area contributed by atoms with Crippen LogP contribution in [0.4, 0.5) is 4.39 Å². The topological polar surface area (TPSA) is 66.8 Å². The van der Waals surface area contributed by atoms with E-state index in [0.717, 1.165) is 0 Å². The highest BCUT2D eigenvalue weighted by Crippen LogP contribution is 2.32. The highest BCUT2D eigenvalue weighted by Gasteiger charge is 2.33. The standard InChI is InChI=1S/C17H20FNO4/c18-14-2-1-3-15-13(14)10-19(8-9-23-15)16(20)11-4-6-12(7-5-11)17(21)22/h1-3,11-12H,4-10H2,(H,21,22). The van der Waals surface area contributed by atoms with Gasteiger partial charge in [-0.1, -0.05) is 6.07 Å². The molecule has 1 aliphatic heterocycles. The maximum absolute atomic E-state index is 14.0. The van der Waals surface area contributed by atoms with Crippen molar-refractivity contribution in [1.82, 2.24) is 4.90 Å². The van der Waals surface area contributed by atoms with Crippen molar-refractivity contribution in [3.63, 3.8) is 0 Å². The molecule has 23 heavy (non-hydrogen) atoms. The number of hydrogen-bond donors (Lipinski definition) is 1. The van der Waals surface area contributed by atoms with Crippen LogP contribution < -0.4 is 4.74 Å². The van der Waals surface area contributed by atoms with Gasteiger partial charge in [0, 0.05) is 11.5 Å². The van der Waals surface area contributed by atoms with E-state index in [-0.39, 0.29) is 30.1 Å². The van der Waals surface area contributed by atoms with Gasteiger partial charge in [-0.3, -0.25) is 9.59 Å². The van der Waals surface area contributed by atoms with Gasteiger partial charge in [0.25, 0.3) is 0 Å². The van der Waals surface area contributed by atoms with Crippen LogP contribution in [0, 0.1) is 17.7 Å². The van der Waals surface area contributed by atoms with Crippen molar-refractivity contribution >= 4 is 11.9 Å². The second kappa shape index (κ2) is 6.56. The van der Waals surface area contributed by atoms with Crippen LogP contribution in [0.15, 0.2) is 18.2 Å². The summed E-state index contributed by atoms with van der Waals surface area (Å²) in [6.07, 6.45) is 2.22. The lowest BCUT2D eigenvalue weighted by Gasteiger charge is -2.30. The van der Waals surface area contributed by atoms with Gasteiger partial charge in [0.15, 0.2) is 0 Å². The lowest BCUT2D eigenvalue weighted by molar-refractivity contribution is -0.145. The molecule has 0 aromatic heterocycles. The number of carboxylic acids is 1. The van der Waals surface area contributed by atoms with Gasteiger partial charge in [0.05, 0.1) is 19.0 Å². The summed E-state index contributed by atoms with van der Waals surface area (Å²) in [5, 5.41) is 9.04. The number of benzene rings is 1. The van der Waals surface area contributed by atoms with Crippen molar-refractivity contribution in [3.8, 4) is 5.75 Å². The Morgan fingerprint density at radius 1 is 1.17 bits per heavy atom. The van der Waals surface area contributed by atoms with E-state index in [9.17, 15) is 14.0 Å². The first-order chi connectivity index (χ1) is 11.1. The van der Waals surface area contributed by atoms with Gasteiger partial charge in [-0.2, -0.15) is 0 Å². The number of amides is 1. The van der Waals surface area contributed by atoms with Crippen molar-refractivity contribution in [2.45, 2.75) is 32.2 Å². The third kappa shape index (κ3) is 3.30. The van der Waals surface area contributed by atoms with Crippen LogP contribution in [0.25, 0.3) is 0 Å². The van der Waals surface area contributed by atoms with Crippen LogP contribution in [-0.2, 0) is 16.1 Å². The summed E-state index contributed by atoms with van der Waals surface area (Å²) in [7, 11) is 0. The third-order valence-electron chi connectivity index (χ3n) is 4.78. The van der Waals surface area contributed by atoms with Crippen molar-refractivity contribution in [3.05, 3.63) is 29.6 Å². The summed E-state index contributed by atoms with van der Waals surface area (Å²) in [5.74, 6) is -1.18. The van der Waals surface area contributed by atoms with Gasteiger partial charge in [-0.05, 0) is 37.8 Å². The average Bonchev–Trinajstić information content (AvgIpc) is 2.78. The van der Waals surface area contributed by atoms with E-state index in [1.54, 1.807) is 17.0 Å². The molecule has 0 saturated heterocycles. The Bertz CT molecular complexity index is 611. The number of fused-ring (bicyclic) bond motifs is 1. The van der Waals surface area contributed by atoms with Gasteiger partial charge in [-0.25, -0.2) is 4.39 Å². The Labute approximate surface area is 134 Å². The second-order valence-electron chi connectivity index (χ2n) is 6.21. The molecule has 6 heteroatoms. The van der Waals surface area contributed by atoms with Gasteiger partial charge in [-0.15, -0.1) is 0 Å². The molecular formula is C17H20FNO4. The highest BCUT2D eigenvalue weighted by molar-refractivity contribution is 5.79. The largest absolute Gasteiger partial charge is 0.491 e. The fourth-order valence-corrected chi connectivity index (χ4v) is 3.40. The second-order valence-corrected chi connectivity index (χ2v) is 6.21. The van der Waals surface area contributed by atoms with E-state index < -0.39 is 5.97 Å². The smallest absolute Gasteiger partial charge is 0.306 e. The summed E-state index contributed by atoms with van der Waals surface area (Å²) in [5.41, 5.74) is 0.414. The van der Waals surface area contributed by atoms with Crippen LogP contribution in [0.1, 0.15) is 31.2 Å². The van der Waals surface area contributed by atoms with Crippen molar-refractivity contribution in [2.75, 3.05) is 13.2 Å². The molecule has 0 radical (unpaired) electrons. The van der Waals surface area contributed by atoms with Crippen molar-refractivity contribution in [1.29, 1.82) is 0 Å². The summed E-state index contributed by atoms with van der Waals surface area (Å²) >= 11 is 0. The van der Waals surface area contributed by atoms with Crippen LogP contribution >= 0.6 is 0 Å². The Morgan fingerprint density at radius 3 is 2.57 bits per heavy atom. The lowest BCUT2D eigenvalue weighted by Crippen LogP contribution is -2.39. The molecule has 0 unspecified atom stereocenters. The van der Waals surface area contributed by atoms with E-state index in [1.165, 1.54) is 6.07 Å². The fraction of sp³-hybridized carbons (Fsp3) is 0.529. The first-order valence-electron chi connectivity index (χ1n) is 7.98. The van der Waals surface area contributed by atoms with Crippen molar-refractivity contribution < 1.29 is 23.8 Å². The van der Waals surface area contributed by atoms with E-state index >= 15 is 0 Å². The number of rotatable bonds is 2. The Hall–Kier alpha value is -2.11. The Balaban J connectivity index is 1.69. The molecular weight excluding hydrogens is 301 g/mol. The van der Waals surface area contributed by atoms with Crippen LogP contribution in [0.2, 0.25) is 0 Å². The molecule has 0 spiro atoms. The molecule has 1 aromatic carbocycles. The van der Waals surface area contributed by atoms with Crippen LogP contribution in [0.5, 0.6) is 5.75 Å². The molecule has 5 nitrogen and oxygen atoms in total. The van der Waals surface area contributed by atoms with Gasteiger partial charge < -0.3 is 14.7 Å². The molecule has 1 aliphatic carbocycles. The SMILES string of the molecule is O=C(O)C1CCC(C(=O)N2CCOc3cccc(F)c3C2)CC1. The summed E-state index contributed by atoms with van der Waals surface area (Å²) in [6.45, 7) is 0.970. The zero-order valence-corrected chi connectivity index (χ0v) is 12.8. The van der Waals surface area contributed by atoms with Gasteiger partial charge in [0.1, 0.15) is 18.2 Å². The number of nitrogens with zero attached hydrogens (tertiary/aromatic N) is 1. The minimum Gasteiger partial charge on any atom is -0.491 e. The molecule has 124 valence electrons. The number of carbonyl (C=O) groups is 2. The zero-order chi connectivity index (χ0) is 16.4. The highest BCUT2D eigenvalue weighted by atomic mass is 19.1. The maximum Gasteiger partial charge on any atom is 0.306 e. The molecule has 1 N–H and O–H groups in total. The molecule has 0 bridgehead atoms. The predicted molar refractivity (Wildman–Crippen MR) is 80.4 cm³/mol. The third-order valence-corrected chi connectivity index (χ3v) is 4.78. The summed E-state index contributed by atoms with van der Waals surface area (Å²) < 4.78 is 19.5. The summed E-state index contributed by atoms with van der Waals surface area (Å²) in [4.78, 5) is 25.3. The van der Waals surface area contributed by atoms with Gasteiger partial charge >= 0.3 is 5.97 Å². The first kappa shape index (κ1) is 15.8. The molecule has 1 fully saturated rings. The van der Waals surface area contributed by atoms with E-state index in [2.05, 4.69) is 0 Å². The fourth-order valence-electron chi connectivity index (χ4n) is 3.40. The van der Waals surface area contributed by atoms with E-state index in [4.69, 9.17) is 9.84 Å². The number of halogens is 1. The minimum absolute atomic E-state index is 0.0199. The number of carboxylic acid groups (broad SMARTS) is 1. The molecule has 3 rings (SSSR count). The lowest BCUT2D eigenvalue weighted by atomic mass is 9.81. The Kier molecular flexibility index (Phi) is 4.50. The van der Waals surface area contributed by atoms with E-state index in [1.807, 2.05) is 0 Å². The van der Waals surface area contributed by atoms with Gasteiger partial charge in [0.2, 0.25) is 5.91 Å². The molecule has 1 heterocycles. The molecule has 1 aromatic rings. The quantitative estimate of drug-likeness (QED) is 0.908. The van der Waals surface area contributed by atoms with Crippen LogP contribution in [0.3, 0.4) is 0 Å². The molecule has 0 atom stereocenters. The molecule has 1 saturated carbocycles. The predicted octanol–water partition coefficient (Wildman–Crippen LogP) is 2.44. The van der Waals surface area contributed by atoms with Crippen molar-refractivity contribution in [2.24, 2.45) is 11.8 Å². The Morgan fingerprint density at radius 2 is 1.87 bits per heavy atom. The first-order valence-corrected chi connectivity index (χ1v) is 7.98. The number of hydrogen-bond acceptors (Lipinski definition) is 3. The normalized spacial score (nSPS) is 24.3. The molecule has 2 aliphatic rings. The monoisotopic (exact) mass is 321 g/mol. The molecule has 1 amide bonds.